The van der Waals surface area contributed by atoms with Crippen LogP contribution in [0.2, 0.25) is 0 Å². The summed E-state index contributed by atoms with van der Waals surface area (Å²) in [6, 6.07) is 3.93. The number of hydrogen-bond donors (Lipinski definition) is 2. The molecule has 2 aromatic heterocycles. The van der Waals surface area contributed by atoms with Crippen LogP contribution in [0.1, 0.15) is 30.3 Å². The van der Waals surface area contributed by atoms with Gasteiger partial charge in [-0.05, 0) is 12.8 Å². The van der Waals surface area contributed by atoms with Crippen LogP contribution in [-0.2, 0) is 23.1 Å². The van der Waals surface area contributed by atoms with E-state index in [2.05, 4.69) is 20.6 Å². The molecule has 1 aliphatic heterocycles. The Morgan fingerprint density at radius 3 is 3.20 bits per heavy atom. The lowest BCUT2D eigenvalue weighted by Crippen LogP contribution is -1.99. The summed E-state index contributed by atoms with van der Waals surface area (Å²) in [7, 11) is 3.54. The Labute approximate surface area is 117 Å². The van der Waals surface area contributed by atoms with Crippen molar-refractivity contribution in [1.29, 1.82) is 0 Å². The van der Waals surface area contributed by atoms with E-state index in [9.17, 15) is 0 Å². The number of methoxy groups -OCH3 is 1. The summed E-state index contributed by atoms with van der Waals surface area (Å²) in [5.74, 6) is 1.64. The minimum atomic E-state index is 0.147. The first-order valence-electron chi connectivity index (χ1n) is 6.72. The second-order valence-corrected chi connectivity index (χ2v) is 4.91. The zero-order chi connectivity index (χ0) is 13.9. The second kappa shape index (κ2) is 5.64. The molecule has 0 radical (unpaired) electrons. The van der Waals surface area contributed by atoms with Crippen molar-refractivity contribution in [2.45, 2.75) is 25.6 Å². The topological polar surface area (TPSA) is 77.0 Å². The van der Waals surface area contributed by atoms with Gasteiger partial charge in [-0.1, -0.05) is 0 Å². The fraction of sp³-hybridized carbons (Fsp3) is 0.538. The molecule has 3 heterocycles. The molecular formula is C13H19N5O2. The highest BCUT2D eigenvalue weighted by atomic mass is 16.5. The van der Waals surface area contributed by atoms with Crippen molar-refractivity contribution >= 4 is 11.6 Å². The Bertz CT molecular complexity index is 571. The quantitative estimate of drug-likeness (QED) is 0.872. The maximum atomic E-state index is 5.63. The number of hydrogen-bond acceptors (Lipinski definition) is 5. The van der Waals surface area contributed by atoms with Gasteiger partial charge in [-0.15, -0.1) is 0 Å². The Morgan fingerprint density at radius 1 is 1.55 bits per heavy atom. The maximum Gasteiger partial charge on any atom is 0.153 e. The largest absolute Gasteiger partial charge is 0.378 e. The molecule has 0 amide bonds. The standard InChI is InChI=1S/C13H19N5O2/c1-18-13(6-9(17-18)8-19-2)14-12-7-10(15-16-12)11-4-3-5-20-11/h6-7,11H,3-5,8H2,1-2H3,(H2,14,15,16). The summed E-state index contributed by atoms with van der Waals surface area (Å²) in [6.45, 7) is 1.33. The van der Waals surface area contributed by atoms with Crippen LogP contribution >= 0.6 is 0 Å². The van der Waals surface area contributed by atoms with Crippen molar-refractivity contribution in [3.8, 4) is 0 Å². The normalized spacial score (nSPS) is 18.6. The molecule has 1 unspecified atom stereocenters. The molecule has 1 aliphatic rings. The molecule has 0 aliphatic carbocycles. The smallest absolute Gasteiger partial charge is 0.153 e. The number of nitrogens with one attached hydrogen (secondary N) is 2. The van der Waals surface area contributed by atoms with Crippen LogP contribution < -0.4 is 5.32 Å². The van der Waals surface area contributed by atoms with Crippen LogP contribution in [0.5, 0.6) is 0 Å². The summed E-state index contributed by atoms with van der Waals surface area (Å²) < 4.78 is 12.5. The van der Waals surface area contributed by atoms with Gasteiger partial charge in [0.15, 0.2) is 5.82 Å². The van der Waals surface area contributed by atoms with Gasteiger partial charge < -0.3 is 14.8 Å². The second-order valence-electron chi connectivity index (χ2n) is 4.91. The average Bonchev–Trinajstić information content (AvgIpc) is 3.13. The van der Waals surface area contributed by atoms with Gasteiger partial charge in [0, 0.05) is 32.9 Å². The maximum absolute atomic E-state index is 5.63. The number of anilines is 2. The number of aryl methyl sites for hydroxylation is 1. The van der Waals surface area contributed by atoms with Crippen molar-refractivity contribution in [2.24, 2.45) is 7.05 Å². The van der Waals surface area contributed by atoms with Gasteiger partial charge in [-0.25, -0.2) is 0 Å². The van der Waals surface area contributed by atoms with Gasteiger partial charge >= 0.3 is 0 Å². The summed E-state index contributed by atoms with van der Waals surface area (Å²) in [5, 5.41) is 14.9. The van der Waals surface area contributed by atoms with E-state index in [0.717, 1.165) is 42.5 Å². The third-order valence-electron chi connectivity index (χ3n) is 3.35. The van der Waals surface area contributed by atoms with Crippen LogP contribution in [0.25, 0.3) is 0 Å². The highest BCUT2D eigenvalue weighted by Crippen LogP contribution is 2.28. The van der Waals surface area contributed by atoms with Crippen LogP contribution in [0.4, 0.5) is 11.6 Å². The summed E-state index contributed by atoms with van der Waals surface area (Å²) in [4.78, 5) is 0. The van der Waals surface area contributed by atoms with Gasteiger partial charge in [0.05, 0.1) is 24.1 Å². The molecule has 7 nitrogen and oxygen atoms in total. The van der Waals surface area contributed by atoms with Crippen molar-refractivity contribution in [1.82, 2.24) is 20.0 Å². The van der Waals surface area contributed by atoms with E-state index >= 15 is 0 Å². The van der Waals surface area contributed by atoms with Gasteiger partial charge in [0.2, 0.25) is 0 Å². The van der Waals surface area contributed by atoms with Crippen molar-refractivity contribution in [2.75, 3.05) is 19.0 Å². The molecule has 2 aromatic rings. The number of aromatic amines is 1. The lowest BCUT2D eigenvalue weighted by atomic mass is 10.2. The Morgan fingerprint density at radius 2 is 2.45 bits per heavy atom. The van der Waals surface area contributed by atoms with E-state index in [4.69, 9.17) is 9.47 Å². The van der Waals surface area contributed by atoms with E-state index in [-0.39, 0.29) is 6.10 Å². The van der Waals surface area contributed by atoms with Crippen molar-refractivity contribution < 1.29 is 9.47 Å². The van der Waals surface area contributed by atoms with E-state index in [1.807, 2.05) is 19.2 Å². The number of aromatic nitrogens is 4. The van der Waals surface area contributed by atoms with Gasteiger partial charge in [-0.2, -0.15) is 10.2 Å². The Kier molecular flexibility index (Phi) is 3.70. The van der Waals surface area contributed by atoms with Crippen molar-refractivity contribution in [3.63, 3.8) is 0 Å². The molecule has 20 heavy (non-hydrogen) atoms. The molecule has 0 bridgehead atoms. The lowest BCUT2D eigenvalue weighted by molar-refractivity contribution is 0.108. The SMILES string of the molecule is COCc1cc(Nc2cc(C3CCCO3)[nH]n2)n(C)n1. The van der Waals surface area contributed by atoms with Gasteiger partial charge in [0.1, 0.15) is 5.82 Å². The average molecular weight is 277 g/mol. The van der Waals surface area contributed by atoms with Crippen LogP contribution in [0.15, 0.2) is 12.1 Å². The summed E-state index contributed by atoms with van der Waals surface area (Å²) in [6.07, 6.45) is 2.30. The minimum absolute atomic E-state index is 0.147. The molecule has 0 spiro atoms. The first-order chi connectivity index (χ1) is 9.76. The van der Waals surface area contributed by atoms with E-state index in [1.54, 1.807) is 11.8 Å². The number of nitrogens with zero attached hydrogens (tertiary/aromatic N) is 3. The first kappa shape index (κ1) is 13.1. The highest BCUT2D eigenvalue weighted by molar-refractivity contribution is 5.52. The fourth-order valence-electron chi connectivity index (χ4n) is 2.38. The molecule has 0 saturated carbocycles. The minimum Gasteiger partial charge on any atom is -0.378 e. The predicted molar refractivity (Wildman–Crippen MR) is 73.7 cm³/mol. The molecular weight excluding hydrogens is 258 g/mol. The zero-order valence-electron chi connectivity index (χ0n) is 11.7. The third kappa shape index (κ3) is 2.68. The first-order valence-corrected chi connectivity index (χ1v) is 6.72. The molecule has 108 valence electrons. The molecule has 7 heteroatoms. The Balaban J connectivity index is 1.71. The van der Waals surface area contributed by atoms with E-state index in [1.165, 1.54) is 0 Å². The molecule has 1 fully saturated rings. The molecule has 1 atom stereocenters. The summed E-state index contributed by atoms with van der Waals surface area (Å²) in [5.41, 5.74) is 1.90. The Hall–Kier alpha value is -1.86. The predicted octanol–water partition coefficient (Wildman–Crippen LogP) is 1.88. The van der Waals surface area contributed by atoms with E-state index in [0.29, 0.717) is 6.61 Å². The molecule has 3 rings (SSSR count). The van der Waals surface area contributed by atoms with Gasteiger partial charge in [0.25, 0.3) is 0 Å². The number of rotatable bonds is 5. The van der Waals surface area contributed by atoms with E-state index < -0.39 is 0 Å². The number of H-pyrrole nitrogens is 1. The number of ether oxygens (including phenoxy) is 2. The van der Waals surface area contributed by atoms with Crippen LogP contribution in [0.3, 0.4) is 0 Å². The van der Waals surface area contributed by atoms with Crippen molar-refractivity contribution in [3.05, 3.63) is 23.5 Å². The lowest BCUT2D eigenvalue weighted by Gasteiger charge is -2.04. The fourth-order valence-corrected chi connectivity index (χ4v) is 2.38. The zero-order valence-corrected chi connectivity index (χ0v) is 11.7. The summed E-state index contributed by atoms with van der Waals surface area (Å²) >= 11 is 0. The monoisotopic (exact) mass is 277 g/mol. The molecule has 1 saturated heterocycles. The third-order valence-corrected chi connectivity index (χ3v) is 3.35. The molecule has 2 N–H and O–H groups in total. The van der Waals surface area contributed by atoms with Gasteiger partial charge in [-0.3, -0.25) is 9.78 Å². The molecule has 0 aromatic carbocycles. The highest BCUT2D eigenvalue weighted by Gasteiger charge is 2.20. The van der Waals surface area contributed by atoms with Crippen LogP contribution in [0, 0.1) is 0 Å². The van der Waals surface area contributed by atoms with Crippen LogP contribution in [-0.4, -0.2) is 33.7 Å².